The molecule has 0 aliphatic carbocycles. The lowest BCUT2D eigenvalue weighted by atomic mass is 9.89. The minimum atomic E-state index is -5.04. The monoisotopic (exact) mass is 649 g/mol. The van der Waals surface area contributed by atoms with Crippen molar-refractivity contribution in [3.63, 3.8) is 0 Å². The molecule has 5 atom stereocenters. The number of fused-ring (bicyclic) bond motifs is 3. The second-order valence-corrected chi connectivity index (χ2v) is 12.7. The number of nitrogen functional groups attached to an aromatic ring is 1. The van der Waals surface area contributed by atoms with Crippen molar-refractivity contribution in [2.75, 3.05) is 57.1 Å². The summed E-state index contributed by atoms with van der Waals surface area (Å²) < 4.78 is 93.0. The van der Waals surface area contributed by atoms with Crippen LogP contribution < -0.4 is 25.4 Å². The van der Waals surface area contributed by atoms with Crippen molar-refractivity contribution in [1.29, 1.82) is 0 Å². The zero-order valence-electron chi connectivity index (χ0n) is 26.0. The highest BCUT2D eigenvalue weighted by Gasteiger charge is 2.52. The number of likely N-dealkylation sites (N-methyl/N-ethyl adjacent to an activating group) is 1. The van der Waals surface area contributed by atoms with Crippen molar-refractivity contribution in [1.82, 2.24) is 25.2 Å². The van der Waals surface area contributed by atoms with Gasteiger partial charge in [-0.15, -0.1) is 0 Å². The number of aromatic nitrogens is 3. The van der Waals surface area contributed by atoms with Crippen molar-refractivity contribution in [2.24, 2.45) is 5.92 Å². The Hall–Kier alpha value is -3.56. The van der Waals surface area contributed by atoms with E-state index in [-0.39, 0.29) is 47.4 Å². The largest absolute Gasteiger partial charge is 0.472 e. The average Bonchev–Trinajstić information content (AvgIpc) is 3.54. The number of rotatable bonds is 5. The van der Waals surface area contributed by atoms with Crippen LogP contribution in [-0.4, -0.2) is 90.1 Å². The Kier molecular flexibility index (Phi) is 7.44. The van der Waals surface area contributed by atoms with Crippen LogP contribution in [0.2, 0.25) is 0 Å². The standard InChI is InChI=1S/C31H36F5N7O3/c1-5-19-26-15(3)46-28-20-25(23(33)24(39-28)17-10-18(37)22(32)14(2)21(17)31(34,35)36)40-29(41-27(20)43(26)9-7-38-19)45-13-30-12-44-11-16(30)6-8-42(30)4/h10,15-16,19,26,38H,5-9,11-13,37H2,1-4H3/t15-,16-,19-,26+,30+/m0/s1. The molecule has 6 heterocycles. The maximum atomic E-state index is 16.8. The van der Waals surface area contributed by atoms with Gasteiger partial charge in [0.05, 0.1) is 36.0 Å². The van der Waals surface area contributed by atoms with Crippen LogP contribution >= 0.6 is 0 Å². The van der Waals surface area contributed by atoms with Crippen molar-refractivity contribution in [3.05, 3.63) is 28.8 Å². The van der Waals surface area contributed by atoms with Gasteiger partial charge in [0.25, 0.3) is 0 Å². The summed E-state index contributed by atoms with van der Waals surface area (Å²) >= 11 is 0. The molecular formula is C31H36F5N7O3. The van der Waals surface area contributed by atoms with Crippen LogP contribution in [0.5, 0.6) is 11.9 Å². The van der Waals surface area contributed by atoms with Gasteiger partial charge in [-0.25, -0.2) is 13.8 Å². The molecule has 248 valence electrons. The lowest BCUT2D eigenvalue weighted by Gasteiger charge is -2.43. The van der Waals surface area contributed by atoms with E-state index in [0.717, 1.165) is 32.4 Å². The number of piperazine rings is 1. The van der Waals surface area contributed by atoms with Gasteiger partial charge in [-0.1, -0.05) is 6.92 Å². The maximum absolute atomic E-state index is 16.8. The molecule has 0 radical (unpaired) electrons. The van der Waals surface area contributed by atoms with Crippen molar-refractivity contribution in [2.45, 2.75) is 63.5 Å². The lowest BCUT2D eigenvalue weighted by Crippen LogP contribution is -2.62. The summed E-state index contributed by atoms with van der Waals surface area (Å²) in [7, 11) is 2.00. The third kappa shape index (κ3) is 4.64. The van der Waals surface area contributed by atoms with E-state index in [0.29, 0.717) is 32.1 Å². The fraction of sp³-hybridized carbons (Fsp3) is 0.581. The van der Waals surface area contributed by atoms with Crippen LogP contribution in [0.3, 0.4) is 0 Å². The van der Waals surface area contributed by atoms with Crippen LogP contribution in [0, 0.1) is 24.5 Å². The third-order valence-electron chi connectivity index (χ3n) is 10.3. The van der Waals surface area contributed by atoms with Crippen LogP contribution in [0.15, 0.2) is 6.07 Å². The highest BCUT2D eigenvalue weighted by molar-refractivity contribution is 5.97. The first-order valence-electron chi connectivity index (χ1n) is 15.5. The summed E-state index contributed by atoms with van der Waals surface area (Å²) in [6.07, 6.45) is -3.89. The van der Waals surface area contributed by atoms with E-state index in [1.165, 1.54) is 0 Å². The SMILES string of the molecule is CC[C@@H]1NCCN2c3nc(OC[C@]45COC[C@@H]4CCN5C)nc4c(F)c(-c5cc(N)c(F)c(C)c5C(F)(F)F)nc(c34)O[C@@H](C)[C@H]12. The van der Waals surface area contributed by atoms with Gasteiger partial charge in [0.2, 0.25) is 5.88 Å². The number of pyridine rings is 1. The molecule has 2 aromatic heterocycles. The minimum Gasteiger partial charge on any atom is -0.472 e. The Morgan fingerprint density at radius 2 is 1.96 bits per heavy atom. The molecule has 46 heavy (non-hydrogen) atoms. The predicted molar refractivity (Wildman–Crippen MR) is 160 cm³/mol. The van der Waals surface area contributed by atoms with E-state index >= 15 is 4.39 Å². The van der Waals surface area contributed by atoms with E-state index in [1.807, 2.05) is 25.8 Å². The number of ether oxygens (including phenoxy) is 3. The number of hydrogen-bond donors (Lipinski definition) is 2. The smallest absolute Gasteiger partial charge is 0.417 e. The number of nitrogens with two attached hydrogens (primary N) is 1. The van der Waals surface area contributed by atoms with Gasteiger partial charge in [-0.05, 0) is 51.9 Å². The number of nitrogens with zero attached hydrogens (tertiary/aromatic N) is 5. The van der Waals surface area contributed by atoms with Crippen LogP contribution in [-0.2, 0) is 10.9 Å². The normalized spacial score (nSPS) is 27.8. The Morgan fingerprint density at radius 1 is 1.17 bits per heavy atom. The number of halogens is 5. The minimum absolute atomic E-state index is 0.0319. The van der Waals surface area contributed by atoms with Gasteiger partial charge in [0.1, 0.15) is 40.9 Å². The molecule has 1 aromatic carbocycles. The Morgan fingerprint density at radius 3 is 2.70 bits per heavy atom. The highest BCUT2D eigenvalue weighted by Crippen LogP contribution is 2.47. The Labute approximate surface area is 262 Å². The van der Waals surface area contributed by atoms with Crippen molar-refractivity contribution < 1.29 is 36.2 Å². The van der Waals surface area contributed by atoms with E-state index in [2.05, 4.69) is 20.2 Å². The molecule has 15 heteroatoms. The fourth-order valence-corrected chi connectivity index (χ4v) is 7.78. The number of likely N-dealkylation sites (tertiary alicyclic amines) is 1. The average molecular weight is 650 g/mol. The van der Waals surface area contributed by atoms with Gasteiger partial charge in [-0.3, -0.25) is 4.90 Å². The molecule has 7 rings (SSSR count). The number of hydrogen-bond acceptors (Lipinski definition) is 10. The lowest BCUT2D eigenvalue weighted by molar-refractivity contribution is -0.137. The first-order chi connectivity index (χ1) is 21.9. The third-order valence-corrected chi connectivity index (χ3v) is 10.3. The van der Waals surface area contributed by atoms with Gasteiger partial charge < -0.3 is 30.2 Å². The van der Waals surface area contributed by atoms with Crippen LogP contribution in [0.1, 0.15) is 37.8 Å². The summed E-state index contributed by atoms with van der Waals surface area (Å²) in [5.74, 6) is -1.95. The van der Waals surface area contributed by atoms with Crippen molar-refractivity contribution in [3.8, 4) is 23.1 Å². The summed E-state index contributed by atoms with van der Waals surface area (Å²) in [6, 6.07) is 0.322. The molecule has 0 amide bonds. The second kappa shape index (κ2) is 11.0. The van der Waals surface area contributed by atoms with Gasteiger partial charge in [0, 0.05) is 30.6 Å². The molecule has 0 bridgehead atoms. The van der Waals surface area contributed by atoms with Gasteiger partial charge >= 0.3 is 12.2 Å². The molecular weight excluding hydrogens is 613 g/mol. The number of alkyl halides is 3. The zero-order valence-corrected chi connectivity index (χ0v) is 26.0. The van der Waals surface area contributed by atoms with Crippen LogP contribution in [0.4, 0.5) is 33.5 Å². The topological polar surface area (TPSA) is 111 Å². The fourth-order valence-electron chi connectivity index (χ4n) is 7.78. The summed E-state index contributed by atoms with van der Waals surface area (Å²) in [4.78, 5) is 17.8. The maximum Gasteiger partial charge on any atom is 0.417 e. The molecule has 10 nitrogen and oxygen atoms in total. The number of anilines is 2. The summed E-state index contributed by atoms with van der Waals surface area (Å²) in [6.45, 7) is 8.02. The quantitative estimate of drug-likeness (QED) is 0.307. The van der Waals surface area contributed by atoms with Gasteiger partial charge in [0.15, 0.2) is 5.82 Å². The molecule has 4 aliphatic heterocycles. The number of nitrogens with one attached hydrogen (secondary N) is 1. The zero-order chi connectivity index (χ0) is 32.7. The van der Waals surface area contributed by atoms with Gasteiger partial charge in [-0.2, -0.15) is 23.1 Å². The Bertz CT molecular complexity index is 1710. The van der Waals surface area contributed by atoms with E-state index in [9.17, 15) is 17.6 Å². The predicted octanol–water partition coefficient (Wildman–Crippen LogP) is 4.32. The molecule has 3 saturated heterocycles. The molecule has 0 spiro atoms. The van der Waals surface area contributed by atoms with E-state index in [4.69, 9.17) is 24.9 Å². The molecule has 3 fully saturated rings. The first-order valence-corrected chi connectivity index (χ1v) is 15.5. The van der Waals surface area contributed by atoms with Crippen molar-refractivity contribution >= 4 is 22.4 Å². The molecule has 4 aliphatic rings. The summed E-state index contributed by atoms with van der Waals surface area (Å²) in [5, 5.41) is 3.62. The molecule has 3 N–H and O–H groups in total. The molecule has 3 aromatic rings. The summed E-state index contributed by atoms with van der Waals surface area (Å²) in [5.41, 5.74) is 0.902. The van der Waals surface area contributed by atoms with E-state index < -0.39 is 57.5 Å². The first kappa shape index (κ1) is 31.1. The number of benzene rings is 1. The Balaban J connectivity index is 1.45. The van der Waals surface area contributed by atoms with Crippen LogP contribution in [0.25, 0.3) is 22.2 Å². The molecule has 0 unspecified atom stereocenters. The van der Waals surface area contributed by atoms with E-state index in [1.54, 1.807) is 0 Å². The second-order valence-electron chi connectivity index (χ2n) is 12.7. The molecule has 0 saturated carbocycles. The highest BCUT2D eigenvalue weighted by atomic mass is 19.4.